The normalized spacial score (nSPS) is 31.6. The van der Waals surface area contributed by atoms with E-state index in [0.717, 1.165) is 22.7 Å². The number of nitrogen functional groups attached to an aromatic ring is 1. The first-order valence-corrected chi connectivity index (χ1v) is 10.2. The maximum Gasteiger partial charge on any atom is 0.400 e. The van der Waals surface area contributed by atoms with Gasteiger partial charge in [0.15, 0.2) is 0 Å². The molecule has 0 aliphatic heterocycles. The van der Waals surface area contributed by atoms with Crippen molar-refractivity contribution in [2.45, 2.75) is 61.4 Å². The van der Waals surface area contributed by atoms with Gasteiger partial charge in [-0.3, -0.25) is 0 Å². The molecule has 1 aromatic rings. The maximum absolute atomic E-state index is 14.5. The lowest BCUT2D eigenvalue weighted by molar-refractivity contribution is -0.224. The van der Waals surface area contributed by atoms with Crippen LogP contribution >= 0.6 is 22.6 Å². The van der Waals surface area contributed by atoms with Crippen molar-refractivity contribution in [2.75, 3.05) is 5.73 Å². The van der Waals surface area contributed by atoms with Gasteiger partial charge < -0.3 is 10.5 Å². The second kappa shape index (κ2) is 7.75. The first kappa shape index (κ1) is 18.2. The number of nitrogens with two attached hydrogens (primary N) is 1. The molecule has 0 radical (unpaired) electrons. The predicted molar refractivity (Wildman–Crippen MR) is 102 cm³/mol. The Morgan fingerprint density at radius 3 is 1.92 bits per heavy atom. The lowest BCUT2D eigenvalue weighted by Gasteiger charge is -2.38. The van der Waals surface area contributed by atoms with Crippen LogP contribution < -0.4 is 10.5 Å². The van der Waals surface area contributed by atoms with Gasteiger partial charge in [-0.05, 0) is 87.5 Å². The van der Waals surface area contributed by atoms with Gasteiger partial charge >= 0.3 is 6.11 Å². The van der Waals surface area contributed by atoms with Crippen molar-refractivity contribution in [3.8, 4) is 5.75 Å². The fraction of sp³-hybridized carbons (Fsp3) is 0.684. The van der Waals surface area contributed by atoms with Crippen molar-refractivity contribution in [3.63, 3.8) is 0 Å². The van der Waals surface area contributed by atoms with E-state index < -0.39 is 12.0 Å². The number of alkyl halides is 3. The fourth-order valence-corrected chi connectivity index (χ4v) is 4.97. The third-order valence-corrected chi connectivity index (χ3v) is 6.99. The zero-order chi connectivity index (χ0) is 17.2. The Labute approximate surface area is 156 Å². The minimum atomic E-state index is -3.10. The predicted octanol–water partition coefficient (Wildman–Crippen LogP) is 6.04. The topological polar surface area (TPSA) is 35.2 Å². The molecule has 0 atom stereocenters. The molecule has 2 saturated carbocycles. The van der Waals surface area contributed by atoms with E-state index in [9.17, 15) is 8.78 Å². The number of hydrogen-bond donors (Lipinski definition) is 1. The molecule has 0 saturated heterocycles. The molecule has 0 heterocycles. The van der Waals surface area contributed by atoms with Crippen LogP contribution in [0.4, 0.5) is 14.5 Å². The monoisotopic (exact) mass is 449 g/mol. The molecule has 2 aliphatic rings. The summed E-state index contributed by atoms with van der Waals surface area (Å²) in [6.07, 6.45) is 5.02. The summed E-state index contributed by atoms with van der Waals surface area (Å²) in [5.74, 6) is 0.907. The Kier molecular flexibility index (Phi) is 5.88. The highest BCUT2D eigenvalue weighted by Crippen LogP contribution is 2.45. The molecular formula is C19H26F2INO. The molecule has 0 spiro atoms. The number of benzene rings is 1. The quantitative estimate of drug-likeness (QED) is 0.346. The van der Waals surface area contributed by atoms with Crippen LogP contribution in [0.15, 0.2) is 24.3 Å². The van der Waals surface area contributed by atoms with Crippen LogP contribution in [0.1, 0.15) is 51.4 Å². The van der Waals surface area contributed by atoms with Gasteiger partial charge in [0, 0.05) is 9.61 Å². The Balaban J connectivity index is 1.52. The number of halogens is 3. The Morgan fingerprint density at radius 1 is 0.875 bits per heavy atom. The van der Waals surface area contributed by atoms with Gasteiger partial charge in [0.2, 0.25) is 0 Å². The van der Waals surface area contributed by atoms with Crippen molar-refractivity contribution >= 4 is 28.3 Å². The first-order chi connectivity index (χ1) is 11.4. The Hall–Kier alpha value is -0.590. The molecule has 0 bridgehead atoms. The third kappa shape index (κ3) is 4.52. The summed E-state index contributed by atoms with van der Waals surface area (Å²) in [5, 5.41) is 0. The van der Waals surface area contributed by atoms with Crippen LogP contribution in [0.3, 0.4) is 0 Å². The van der Waals surface area contributed by atoms with Gasteiger partial charge in [0.1, 0.15) is 5.75 Å². The maximum atomic E-state index is 14.5. The molecule has 134 valence electrons. The zero-order valence-corrected chi connectivity index (χ0v) is 16.1. The van der Waals surface area contributed by atoms with Crippen LogP contribution in [-0.2, 0) is 0 Å². The van der Waals surface area contributed by atoms with Gasteiger partial charge in [0.05, 0.1) is 5.92 Å². The van der Waals surface area contributed by atoms with Gasteiger partial charge in [-0.15, -0.1) is 0 Å². The van der Waals surface area contributed by atoms with Crippen molar-refractivity contribution < 1.29 is 13.5 Å². The molecule has 1 aromatic carbocycles. The van der Waals surface area contributed by atoms with Crippen molar-refractivity contribution in [1.82, 2.24) is 0 Å². The summed E-state index contributed by atoms with van der Waals surface area (Å²) in [6, 6.07) is 6.20. The summed E-state index contributed by atoms with van der Waals surface area (Å²) in [4.78, 5) is 0. The van der Waals surface area contributed by atoms with Gasteiger partial charge in [-0.25, -0.2) is 0 Å². The Morgan fingerprint density at radius 2 is 1.38 bits per heavy atom. The highest BCUT2D eigenvalue weighted by molar-refractivity contribution is 14.1. The van der Waals surface area contributed by atoms with Crippen molar-refractivity contribution in [3.05, 3.63) is 24.3 Å². The number of ether oxygens (including phenoxy) is 1. The summed E-state index contributed by atoms with van der Waals surface area (Å²) in [7, 11) is 0. The second-order valence-electron chi connectivity index (χ2n) is 7.36. The summed E-state index contributed by atoms with van der Waals surface area (Å²) >= 11 is 2.54. The molecule has 0 amide bonds. The molecule has 5 heteroatoms. The van der Waals surface area contributed by atoms with E-state index in [1.54, 1.807) is 12.1 Å². The molecule has 2 N–H and O–H groups in total. The van der Waals surface area contributed by atoms with E-state index in [1.807, 2.05) is 0 Å². The van der Waals surface area contributed by atoms with E-state index in [1.165, 1.54) is 37.8 Å². The van der Waals surface area contributed by atoms with Gasteiger partial charge in [-0.1, -0.05) is 22.6 Å². The minimum absolute atomic E-state index is 0.191. The van der Waals surface area contributed by atoms with E-state index in [2.05, 4.69) is 22.6 Å². The molecule has 3 rings (SSSR count). The number of anilines is 1. The van der Waals surface area contributed by atoms with Gasteiger partial charge in [-0.2, -0.15) is 8.78 Å². The minimum Gasteiger partial charge on any atom is -0.432 e. The first-order valence-electron chi connectivity index (χ1n) is 9.00. The lowest BCUT2D eigenvalue weighted by atomic mass is 9.71. The average molecular weight is 449 g/mol. The van der Waals surface area contributed by atoms with E-state index in [4.69, 9.17) is 10.5 Å². The van der Waals surface area contributed by atoms with E-state index in [-0.39, 0.29) is 5.75 Å². The van der Waals surface area contributed by atoms with Crippen molar-refractivity contribution in [1.29, 1.82) is 0 Å². The third-order valence-electron chi connectivity index (χ3n) is 5.75. The second-order valence-corrected chi connectivity index (χ2v) is 9.12. The van der Waals surface area contributed by atoms with Crippen LogP contribution in [0.5, 0.6) is 5.75 Å². The van der Waals surface area contributed by atoms with Crippen LogP contribution in [0.2, 0.25) is 0 Å². The summed E-state index contributed by atoms with van der Waals surface area (Å²) in [6.45, 7) is 0. The number of rotatable bonds is 4. The molecule has 2 fully saturated rings. The van der Waals surface area contributed by atoms with E-state index in [0.29, 0.717) is 24.4 Å². The molecule has 24 heavy (non-hydrogen) atoms. The average Bonchev–Trinajstić information content (AvgIpc) is 2.58. The van der Waals surface area contributed by atoms with Gasteiger partial charge in [0.25, 0.3) is 0 Å². The molecule has 2 nitrogen and oxygen atoms in total. The van der Waals surface area contributed by atoms with Crippen LogP contribution in [0, 0.1) is 17.8 Å². The fourth-order valence-electron chi connectivity index (χ4n) is 4.25. The largest absolute Gasteiger partial charge is 0.432 e. The molecular weight excluding hydrogens is 423 g/mol. The highest BCUT2D eigenvalue weighted by atomic mass is 127. The smallest absolute Gasteiger partial charge is 0.400 e. The lowest BCUT2D eigenvalue weighted by Crippen LogP contribution is -2.38. The van der Waals surface area contributed by atoms with E-state index >= 15 is 0 Å². The molecule has 0 aromatic heterocycles. The summed E-state index contributed by atoms with van der Waals surface area (Å²) < 4.78 is 34.7. The highest BCUT2D eigenvalue weighted by Gasteiger charge is 2.45. The molecule has 0 unspecified atom stereocenters. The number of hydrogen-bond acceptors (Lipinski definition) is 2. The van der Waals surface area contributed by atoms with Crippen LogP contribution in [-0.4, -0.2) is 10.0 Å². The standard InChI is InChI=1S/C19H26F2INO/c20-19(21,24-18-11-9-17(23)10-12-18)15-5-1-13(2-6-15)14-3-7-16(22)8-4-14/h9-16H,1-8,23H2. The SMILES string of the molecule is Nc1ccc(OC(F)(F)C2CCC(C3CCC(I)CC3)CC2)cc1. The Bertz CT molecular complexity index is 521. The van der Waals surface area contributed by atoms with Crippen LogP contribution in [0.25, 0.3) is 0 Å². The molecule has 2 aliphatic carbocycles. The zero-order valence-electron chi connectivity index (χ0n) is 13.9. The summed E-state index contributed by atoms with van der Waals surface area (Å²) in [5.41, 5.74) is 6.13. The van der Waals surface area contributed by atoms with Crippen molar-refractivity contribution in [2.24, 2.45) is 17.8 Å².